The molecule has 9 rings (SSSR count). The molecule has 3 heterocycles. The molecule has 2 bridgehead atoms. The number of nitrogens with one attached hydrogen (secondary N) is 2. The van der Waals surface area contributed by atoms with Crippen LogP contribution in [-0.2, 0) is 48.1 Å². The maximum Gasteiger partial charge on any atom is 0.327 e. The number of aromatic hydroxyl groups is 1. The van der Waals surface area contributed by atoms with Crippen LogP contribution in [0.1, 0.15) is 64.7 Å². The predicted molar refractivity (Wildman–Crippen MR) is 194 cm³/mol. The molecule has 12 nitrogen and oxygen atoms in total. The Labute approximate surface area is 313 Å². The molecule has 2 amide bonds. The van der Waals surface area contributed by atoms with E-state index in [1.807, 2.05) is 54.6 Å². The van der Waals surface area contributed by atoms with Gasteiger partial charge in [-0.05, 0) is 72.6 Å². The average Bonchev–Trinajstić information content (AvgIpc) is 4.13. The van der Waals surface area contributed by atoms with Crippen molar-refractivity contribution in [3.05, 3.63) is 107 Å². The number of esters is 1. The highest BCUT2D eigenvalue weighted by Gasteiger charge is 2.78. The molecular formula is C42H45N3O9. The van der Waals surface area contributed by atoms with Gasteiger partial charge in [0.1, 0.15) is 35.6 Å². The summed E-state index contributed by atoms with van der Waals surface area (Å²) in [6, 6.07) is 21.1. The smallest absolute Gasteiger partial charge is 0.327 e. The summed E-state index contributed by atoms with van der Waals surface area (Å²) in [5, 5.41) is 26.7. The fourth-order valence-corrected chi connectivity index (χ4v) is 9.09. The molecule has 6 atom stereocenters. The van der Waals surface area contributed by atoms with Crippen molar-refractivity contribution in [2.45, 2.75) is 87.9 Å². The van der Waals surface area contributed by atoms with E-state index in [1.54, 1.807) is 35.4 Å². The molecule has 3 aromatic carbocycles. The molecule has 3 aliphatic carbocycles. The Morgan fingerprint density at radius 3 is 2.44 bits per heavy atom. The number of rotatable bonds is 13. The highest BCUT2D eigenvalue weighted by Crippen LogP contribution is 2.63. The van der Waals surface area contributed by atoms with E-state index in [1.165, 1.54) is 0 Å². The number of carbonyl (C=O) groups excluding carboxylic acids is 3. The number of aliphatic hydroxyl groups is 1. The summed E-state index contributed by atoms with van der Waals surface area (Å²) in [5.74, 6) is -1.14. The van der Waals surface area contributed by atoms with Crippen molar-refractivity contribution >= 4 is 23.9 Å². The molecule has 12 heteroatoms. The molecule has 3 saturated carbocycles. The highest BCUT2D eigenvalue weighted by atomic mass is 16.8. The molecule has 6 unspecified atom stereocenters. The lowest BCUT2D eigenvalue weighted by Crippen LogP contribution is -2.69. The molecule has 4 N–H and O–H groups in total. The third-order valence-electron chi connectivity index (χ3n) is 11.9. The molecular weight excluding hydrogens is 690 g/mol. The van der Waals surface area contributed by atoms with Crippen LogP contribution in [0.4, 0.5) is 0 Å². The average molecular weight is 736 g/mol. The minimum Gasteiger partial charge on any atom is -0.508 e. The topological polar surface area (TPSA) is 156 Å². The molecule has 3 aromatic rings. The van der Waals surface area contributed by atoms with Crippen molar-refractivity contribution in [1.29, 1.82) is 0 Å². The van der Waals surface area contributed by atoms with Gasteiger partial charge < -0.3 is 35.1 Å². The first kappa shape index (κ1) is 35.1. The Kier molecular flexibility index (Phi) is 9.06. The monoisotopic (exact) mass is 735 g/mol. The number of ether oxygens (including phenoxy) is 3. The second-order valence-corrected chi connectivity index (χ2v) is 15.5. The molecule has 6 fully saturated rings. The zero-order valence-corrected chi connectivity index (χ0v) is 29.9. The quantitative estimate of drug-likeness (QED) is 0.191. The minimum atomic E-state index is -1.32. The number of nitrogens with zero attached hydrogens (tertiary/aromatic N) is 1. The lowest BCUT2D eigenvalue weighted by Gasteiger charge is -2.48. The summed E-state index contributed by atoms with van der Waals surface area (Å²) < 4.78 is 20.0. The Balaban J connectivity index is 0.997. The van der Waals surface area contributed by atoms with Crippen LogP contribution < -0.4 is 10.6 Å². The van der Waals surface area contributed by atoms with Crippen molar-refractivity contribution in [2.75, 3.05) is 13.2 Å². The van der Waals surface area contributed by atoms with E-state index in [-0.39, 0.29) is 62.1 Å². The maximum absolute atomic E-state index is 14.8. The summed E-state index contributed by atoms with van der Waals surface area (Å²) in [4.78, 5) is 48.3. The van der Waals surface area contributed by atoms with Gasteiger partial charge in [0.25, 0.3) is 5.91 Å². The summed E-state index contributed by atoms with van der Waals surface area (Å²) in [6.45, 7) is 0.305. The van der Waals surface area contributed by atoms with Crippen LogP contribution in [-0.4, -0.2) is 82.5 Å². The number of carbonyl (C=O) groups is 3. The number of amides is 2. The first-order chi connectivity index (χ1) is 26.3. The standard InChI is InChI=1S/C42H45N3O9/c46-19-18-43-38(48)29-12-5-8-26(21-29)23-44-40(50)41-22-33-34-35(53-42(52-34,30-14-15-30)31-16-17-31)37(41)54-45(36(41)39(49)51-33)24-27-9-3-6-25(20-27)7-4-11-28-10-1-2-13-32(28)47/h1-10,12-13,20-21,30-31,33-37,46-47H,11,14-19,22-24H2,(H,43,48)(H,44,50). The van der Waals surface area contributed by atoms with E-state index >= 15 is 0 Å². The summed E-state index contributed by atoms with van der Waals surface area (Å²) >= 11 is 0. The molecule has 3 aliphatic heterocycles. The van der Waals surface area contributed by atoms with E-state index in [4.69, 9.17) is 24.2 Å². The summed E-state index contributed by atoms with van der Waals surface area (Å²) in [5.41, 5.74) is 2.45. The first-order valence-electron chi connectivity index (χ1n) is 19.1. The first-order valence-corrected chi connectivity index (χ1v) is 19.1. The third kappa shape index (κ3) is 6.19. The van der Waals surface area contributed by atoms with Crippen molar-refractivity contribution < 1.29 is 43.6 Å². The molecule has 54 heavy (non-hydrogen) atoms. The lowest BCUT2D eigenvalue weighted by molar-refractivity contribution is -0.235. The Morgan fingerprint density at radius 1 is 0.907 bits per heavy atom. The van der Waals surface area contributed by atoms with Crippen molar-refractivity contribution in [3.63, 3.8) is 0 Å². The van der Waals surface area contributed by atoms with Crippen LogP contribution in [0.5, 0.6) is 5.75 Å². The van der Waals surface area contributed by atoms with Gasteiger partial charge in [-0.3, -0.25) is 19.2 Å². The lowest BCUT2D eigenvalue weighted by atomic mass is 9.62. The number of hydrogen-bond donors (Lipinski definition) is 4. The van der Waals surface area contributed by atoms with Crippen LogP contribution in [0.3, 0.4) is 0 Å². The van der Waals surface area contributed by atoms with E-state index < -0.39 is 47.6 Å². The second kappa shape index (κ2) is 13.9. The third-order valence-corrected chi connectivity index (χ3v) is 11.9. The molecule has 0 aromatic heterocycles. The number of para-hydroxylation sites is 1. The minimum absolute atomic E-state index is 0.121. The largest absolute Gasteiger partial charge is 0.508 e. The Bertz CT molecular complexity index is 1970. The van der Waals surface area contributed by atoms with Gasteiger partial charge in [-0.15, -0.1) is 0 Å². The van der Waals surface area contributed by atoms with Gasteiger partial charge in [0, 0.05) is 36.9 Å². The second-order valence-electron chi connectivity index (χ2n) is 15.5. The Morgan fingerprint density at radius 2 is 1.67 bits per heavy atom. The number of phenols is 1. The SMILES string of the molecule is O=C(NCCO)c1cccc(CNC(=O)C23CC4OC(=O)C2N(Cc2cccc(C=CCc5ccccc5O)c2)OC3C2OC(C3CC3)(C3CC3)OC42)c1. The fourth-order valence-electron chi connectivity index (χ4n) is 9.09. The maximum atomic E-state index is 14.8. The summed E-state index contributed by atoms with van der Waals surface area (Å²) in [7, 11) is 0. The van der Waals surface area contributed by atoms with Crippen LogP contribution >= 0.6 is 0 Å². The zero-order chi connectivity index (χ0) is 37.0. The van der Waals surface area contributed by atoms with Crippen LogP contribution in [0.2, 0.25) is 0 Å². The predicted octanol–water partition coefficient (Wildman–Crippen LogP) is 3.79. The Hall–Kier alpha value is -4.59. The number of allylic oxidation sites excluding steroid dienone is 1. The number of benzene rings is 3. The van der Waals surface area contributed by atoms with Gasteiger partial charge >= 0.3 is 5.97 Å². The van der Waals surface area contributed by atoms with E-state index in [0.29, 0.717) is 17.5 Å². The van der Waals surface area contributed by atoms with E-state index in [2.05, 4.69) is 10.6 Å². The molecule has 6 aliphatic rings. The molecule has 282 valence electrons. The molecule has 0 spiro atoms. The van der Waals surface area contributed by atoms with Crippen LogP contribution in [0.25, 0.3) is 6.08 Å². The zero-order valence-electron chi connectivity index (χ0n) is 29.9. The van der Waals surface area contributed by atoms with Gasteiger partial charge in [0.15, 0.2) is 11.8 Å². The van der Waals surface area contributed by atoms with Gasteiger partial charge in [-0.25, -0.2) is 0 Å². The summed E-state index contributed by atoms with van der Waals surface area (Å²) in [6.07, 6.45) is 6.21. The number of hydroxylamine groups is 2. The number of aliphatic hydroxyl groups excluding tert-OH is 1. The molecule has 0 radical (unpaired) electrons. The number of hydrogen-bond acceptors (Lipinski definition) is 10. The van der Waals surface area contributed by atoms with Crippen LogP contribution in [0.15, 0.2) is 78.9 Å². The van der Waals surface area contributed by atoms with Gasteiger partial charge in [-0.1, -0.05) is 66.7 Å². The van der Waals surface area contributed by atoms with Crippen molar-refractivity contribution in [1.82, 2.24) is 15.7 Å². The highest BCUT2D eigenvalue weighted by molar-refractivity contribution is 5.95. The van der Waals surface area contributed by atoms with Gasteiger partial charge in [-0.2, -0.15) is 5.06 Å². The fraction of sp³-hybridized carbons (Fsp3) is 0.452. The van der Waals surface area contributed by atoms with Crippen molar-refractivity contribution in [2.24, 2.45) is 17.3 Å². The van der Waals surface area contributed by atoms with Crippen molar-refractivity contribution in [3.8, 4) is 5.75 Å². The number of fused-ring (bicyclic) bond motifs is 4. The van der Waals surface area contributed by atoms with Gasteiger partial charge in [0.05, 0.1) is 13.2 Å². The molecule has 3 saturated heterocycles. The van der Waals surface area contributed by atoms with Crippen LogP contribution in [0, 0.1) is 17.3 Å². The van der Waals surface area contributed by atoms with E-state index in [9.17, 15) is 19.5 Å². The van der Waals surface area contributed by atoms with E-state index in [0.717, 1.165) is 42.4 Å². The number of phenolic OH excluding ortho intramolecular Hbond substituents is 1. The normalized spacial score (nSPS) is 29.5. The van der Waals surface area contributed by atoms with Gasteiger partial charge in [0.2, 0.25) is 5.91 Å².